The van der Waals surface area contributed by atoms with Gasteiger partial charge in [-0.15, -0.1) is 0 Å². The highest BCUT2D eigenvalue weighted by Crippen LogP contribution is 2.25. The van der Waals surface area contributed by atoms with Gasteiger partial charge in [0.1, 0.15) is 5.82 Å². The zero-order valence-electron chi connectivity index (χ0n) is 15.4. The fraction of sp³-hybridized carbons (Fsp3) is 0.579. The number of hydrogen-bond donors (Lipinski definition) is 0. The van der Waals surface area contributed by atoms with E-state index in [9.17, 15) is 0 Å². The highest BCUT2D eigenvalue weighted by atomic mass is 16.5. The van der Waals surface area contributed by atoms with Crippen LogP contribution in [-0.4, -0.2) is 26.5 Å². The van der Waals surface area contributed by atoms with Crippen LogP contribution in [0.5, 0.6) is 6.01 Å². The first-order valence-corrected chi connectivity index (χ1v) is 8.44. The molecule has 0 amide bonds. The van der Waals surface area contributed by atoms with Crippen LogP contribution in [0, 0.1) is 10.8 Å². The fourth-order valence-corrected chi connectivity index (χ4v) is 2.44. The zero-order chi connectivity index (χ0) is 17.6. The lowest BCUT2D eigenvalue weighted by Gasteiger charge is -2.23. The molecular formula is C19H28N4O. The van der Waals surface area contributed by atoms with Gasteiger partial charge in [0.15, 0.2) is 0 Å². The molecule has 5 nitrogen and oxygen atoms in total. The molecule has 0 spiro atoms. The van der Waals surface area contributed by atoms with Crippen molar-refractivity contribution in [2.24, 2.45) is 10.8 Å². The van der Waals surface area contributed by atoms with Gasteiger partial charge < -0.3 is 4.74 Å². The first-order chi connectivity index (χ1) is 11.2. The molecule has 0 fully saturated rings. The Balaban J connectivity index is 1.86. The molecule has 0 aliphatic carbocycles. The Bertz CT molecular complexity index is 635. The smallest absolute Gasteiger partial charge is 0.316 e. The SMILES string of the molecule is CC(C)(C)Cc1ccnc(OCCC(C)(C)Cc2ncccn2)n1. The molecule has 0 unspecified atom stereocenters. The third-order valence-corrected chi connectivity index (χ3v) is 3.67. The lowest BCUT2D eigenvalue weighted by Crippen LogP contribution is -2.20. The lowest BCUT2D eigenvalue weighted by molar-refractivity contribution is 0.212. The molecule has 0 N–H and O–H groups in total. The van der Waals surface area contributed by atoms with Crippen molar-refractivity contribution in [1.82, 2.24) is 19.9 Å². The predicted molar refractivity (Wildman–Crippen MR) is 94.8 cm³/mol. The number of hydrogen-bond acceptors (Lipinski definition) is 5. The first-order valence-electron chi connectivity index (χ1n) is 8.44. The summed E-state index contributed by atoms with van der Waals surface area (Å²) in [5.41, 5.74) is 1.28. The molecule has 0 atom stereocenters. The minimum absolute atomic E-state index is 0.0599. The quantitative estimate of drug-likeness (QED) is 0.771. The Morgan fingerprint density at radius 2 is 1.62 bits per heavy atom. The lowest BCUT2D eigenvalue weighted by atomic mass is 9.86. The van der Waals surface area contributed by atoms with E-state index >= 15 is 0 Å². The highest BCUT2D eigenvalue weighted by Gasteiger charge is 2.20. The summed E-state index contributed by atoms with van der Waals surface area (Å²) >= 11 is 0. The van der Waals surface area contributed by atoms with Crippen LogP contribution in [0.4, 0.5) is 0 Å². The van der Waals surface area contributed by atoms with Crippen LogP contribution in [0.1, 0.15) is 52.6 Å². The summed E-state index contributed by atoms with van der Waals surface area (Å²) in [7, 11) is 0. The second-order valence-corrected chi connectivity index (χ2v) is 8.17. The molecule has 0 saturated carbocycles. The van der Waals surface area contributed by atoms with E-state index in [1.165, 1.54) is 0 Å². The van der Waals surface area contributed by atoms with Crippen molar-refractivity contribution < 1.29 is 4.74 Å². The number of aromatic nitrogens is 4. The largest absolute Gasteiger partial charge is 0.463 e. The minimum atomic E-state index is 0.0599. The maximum atomic E-state index is 5.77. The van der Waals surface area contributed by atoms with Crippen LogP contribution >= 0.6 is 0 Å². The van der Waals surface area contributed by atoms with Crippen molar-refractivity contribution in [1.29, 1.82) is 0 Å². The van der Waals surface area contributed by atoms with Crippen LogP contribution in [-0.2, 0) is 12.8 Å². The van der Waals surface area contributed by atoms with E-state index in [0.717, 1.165) is 30.8 Å². The summed E-state index contributed by atoms with van der Waals surface area (Å²) in [5, 5.41) is 0. The Hall–Kier alpha value is -2.04. The van der Waals surface area contributed by atoms with Gasteiger partial charge in [0, 0.05) is 30.7 Å². The van der Waals surface area contributed by atoms with Gasteiger partial charge >= 0.3 is 6.01 Å². The van der Waals surface area contributed by atoms with E-state index in [1.807, 2.05) is 12.1 Å². The van der Waals surface area contributed by atoms with Crippen LogP contribution in [0.3, 0.4) is 0 Å². The second kappa shape index (κ2) is 7.69. The summed E-state index contributed by atoms with van der Waals surface area (Å²) < 4.78 is 5.77. The molecule has 24 heavy (non-hydrogen) atoms. The van der Waals surface area contributed by atoms with Gasteiger partial charge in [-0.1, -0.05) is 34.6 Å². The van der Waals surface area contributed by atoms with E-state index in [4.69, 9.17) is 4.74 Å². The van der Waals surface area contributed by atoms with Gasteiger partial charge in [-0.05, 0) is 35.8 Å². The normalized spacial score (nSPS) is 12.2. The number of rotatable bonds is 7. The number of nitrogens with zero attached hydrogens (tertiary/aromatic N) is 4. The molecular weight excluding hydrogens is 300 g/mol. The minimum Gasteiger partial charge on any atom is -0.463 e. The molecule has 2 aromatic rings. The zero-order valence-corrected chi connectivity index (χ0v) is 15.4. The Morgan fingerprint density at radius 3 is 2.29 bits per heavy atom. The van der Waals surface area contributed by atoms with Gasteiger partial charge in [0.25, 0.3) is 0 Å². The average molecular weight is 328 g/mol. The molecule has 0 saturated heterocycles. The van der Waals surface area contributed by atoms with Crippen molar-refractivity contribution in [3.8, 4) is 6.01 Å². The molecule has 0 aliphatic rings. The molecule has 5 heteroatoms. The van der Waals surface area contributed by atoms with Crippen molar-refractivity contribution in [3.63, 3.8) is 0 Å². The standard InChI is InChI=1S/C19H28N4O/c1-18(2,3)13-15-7-11-22-17(23-15)24-12-8-19(4,5)14-16-20-9-6-10-21-16/h6-7,9-11H,8,12-14H2,1-5H3. The van der Waals surface area contributed by atoms with E-state index < -0.39 is 0 Å². The van der Waals surface area contributed by atoms with Gasteiger partial charge in [-0.2, -0.15) is 0 Å². The summed E-state index contributed by atoms with van der Waals surface area (Å²) in [5.74, 6) is 0.867. The maximum Gasteiger partial charge on any atom is 0.316 e. The van der Waals surface area contributed by atoms with Crippen molar-refractivity contribution in [2.75, 3.05) is 6.61 Å². The van der Waals surface area contributed by atoms with Crippen LogP contribution in [0.2, 0.25) is 0 Å². The molecule has 2 heterocycles. The molecule has 2 aromatic heterocycles. The summed E-state index contributed by atoms with van der Waals surface area (Å²) in [6, 6.07) is 4.25. The third-order valence-electron chi connectivity index (χ3n) is 3.67. The Kier molecular flexibility index (Phi) is 5.86. The van der Waals surface area contributed by atoms with Gasteiger partial charge in [-0.25, -0.2) is 19.9 Å². The van der Waals surface area contributed by atoms with Gasteiger partial charge in [0.2, 0.25) is 0 Å². The van der Waals surface area contributed by atoms with Crippen molar-refractivity contribution >= 4 is 0 Å². The maximum absolute atomic E-state index is 5.77. The van der Waals surface area contributed by atoms with E-state index in [1.54, 1.807) is 18.6 Å². The van der Waals surface area contributed by atoms with E-state index in [2.05, 4.69) is 54.6 Å². The summed E-state index contributed by atoms with van der Waals surface area (Å²) in [4.78, 5) is 17.3. The van der Waals surface area contributed by atoms with E-state index in [-0.39, 0.29) is 10.8 Å². The van der Waals surface area contributed by atoms with Crippen molar-refractivity contribution in [2.45, 2.75) is 53.9 Å². The molecule has 0 bridgehead atoms. The Labute approximate surface area is 144 Å². The molecule has 0 aliphatic heterocycles. The Morgan fingerprint density at radius 1 is 0.917 bits per heavy atom. The van der Waals surface area contributed by atoms with Crippen LogP contribution < -0.4 is 4.74 Å². The summed E-state index contributed by atoms with van der Waals surface area (Å²) in [6.07, 6.45) is 7.95. The van der Waals surface area contributed by atoms with Gasteiger partial charge in [0.05, 0.1) is 6.61 Å². The third kappa shape index (κ3) is 6.60. The fourth-order valence-electron chi connectivity index (χ4n) is 2.44. The van der Waals surface area contributed by atoms with Crippen LogP contribution in [0.15, 0.2) is 30.7 Å². The summed E-state index contributed by atoms with van der Waals surface area (Å²) in [6.45, 7) is 11.6. The van der Waals surface area contributed by atoms with Gasteiger partial charge in [-0.3, -0.25) is 0 Å². The molecule has 2 rings (SSSR count). The van der Waals surface area contributed by atoms with Crippen molar-refractivity contribution in [3.05, 3.63) is 42.2 Å². The predicted octanol–water partition coefficient (Wildman–Crippen LogP) is 3.89. The average Bonchev–Trinajstić information content (AvgIpc) is 2.46. The highest BCUT2D eigenvalue weighted by molar-refractivity contribution is 5.07. The van der Waals surface area contributed by atoms with E-state index in [0.29, 0.717) is 12.6 Å². The second-order valence-electron chi connectivity index (χ2n) is 8.17. The number of ether oxygens (including phenoxy) is 1. The first kappa shape index (κ1) is 18.3. The molecule has 0 aromatic carbocycles. The molecule has 130 valence electrons. The molecule has 0 radical (unpaired) electrons. The van der Waals surface area contributed by atoms with Crippen LogP contribution in [0.25, 0.3) is 0 Å². The monoisotopic (exact) mass is 328 g/mol. The topological polar surface area (TPSA) is 60.8 Å².